The van der Waals surface area contributed by atoms with E-state index in [4.69, 9.17) is 9.47 Å². The lowest BCUT2D eigenvalue weighted by molar-refractivity contribution is 0.0525. The van der Waals surface area contributed by atoms with Gasteiger partial charge in [-0.1, -0.05) is 19.1 Å². The van der Waals surface area contributed by atoms with Crippen molar-refractivity contribution in [2.75, 3.05) is 39.3 Å². The Kier molecular flexibility index (Phi) is 6.42. The molecule has 1 unspecified atom stereocenters. The van der Waals surface area contributed by atoms with Crippen LogP contribution in [0.2, 0.25) is 0 Å². The summed E-state index contributed by atoms with van der Waals surface area (Å²) in [6.45, 7) is 10.2. The van der Waals surface area contributed by atoms with Gasteiger partial charge in [0, 0.05) is 50.4 Å². The third-order valence-corrected chi connectivity index (χ3v) is 7.62. The smallest absolute Gasteiger partial charge is 0.338 e. The summed E-state index contributed by atoms with van der Waals surface area (Å²) in [7, 11) is 0. The number of aliphatic hydroxyl groups excluding tert-OH is 1. The lowest BCUT2D eigenvalue weighted by Crippen LogP contribution is -2.48. The molecular weight excluding hydrogens is 432 g/mol. The number of hydrogen-bond acceptors (Lipinski definition) is 7. The molecule has 1 N–H and O–H groups in total. The molecule has 7 nitrogen and oxygen atoms in total. The number of cyclic esters (lactones) is 2. The van der Waals surface area contributed by atoms with E-state index in [2.05, 4.69) is 29.7 Å². The van der Waals surface area contributed by atoms with Gasteiger partial charge in [0.25, 0.3) is 0 Å². The van der Waals surface area contributed by atoms with Crippen LogP contribution in [0.4, 0.5) is 0 Å². The van der Waals surface area contributed by atoms with E-state index in [0.29, 0.717) is 30.9 Å². The summed E-state index contributed by atoms with van der Waals surface area (Å²) in [5.74, 6) is -0.477. The highest BCUT2D eigenvalue weighted by molar-refractivity contribution is 5.94. The van der Waals surface area contributed by atoms with E-state index < -0.39 is 6.10 Å². The standard InChI is InChI=1S/C27H32N2O5/c1-3-19-20(6-7-22-24(19)16-34-27(22)32)25(30)14-29-12-10-28(11-13-29)9-8-18-4-5-21-23(17(18)2)15-33-26(21)31/h4-7,25,30H,3,8-16H2,1-2H3. The first-order valence-corrected chi connectivity index (χ1v) is 12.2. The molecule has 3 heterocycles. The van der Waals surface area contributed by atoms with Gasteiger partial charge in [-0.15, -0.1) is 0 Å². The van der Waals surface area contributed by atoms with Crippen LogP contribution in [0.15, 0.2) is 24.3 Å². The van der Waals surface area contributed by atoms with Crippen LogP contribution in [-0.2, 0) is 35.5 Å². The Morgan fingerprint density at radius 1 is 0.912 bits per heavy atom. The average molecular weight is 465 g/mol. The number of carbonyl (C=O) groups is 2. The van der Waals surface area contributed by atoms with E-state index >= 15 is 0 Å². The zero-order valence-electron chi connectivity index (χ0n) is 19.9. The molecule has 2 aromatic rings. The fraction of sp³-hybridized carbons (Fsp3) is 0.481. The summed E-state index contributed by atoms with van der Waals surface area (Å²) in [6, 6.07) is 7.65. The van der Waals surface area contributed by atoms with Crippen molar-refractivity contribution in [2.24, 2.45) is 0 Å². The summed E-state index contributed by atoms with van der Waals surface area (Å²) in [4.78, 5) is 28.4. The minimum atomic E-state index is -0.582. The maximum Gasteiger partial charge on any atom is 0.338 e. The predicted octanol–water partition coefficient (Wildman–Crippen LogP) is 2.79. The van der Waals surface area contributed by atoms with Crippen molar-refractivity contribution in [3.05, 3.63) is 68.8 Å². The largest absolute Gasteiger partial charge is 0.457 e. The molecule has 5 rings (SSSR count). The molecule has 0 bridgehead atoms. The zero-order chi connectivity index (χ0) is 23.8. The van der Waals surface area contributed by atoms with Crippen LogP contribution in [-0.4, -0.2) is 66.1 Å². The molecule has 34 heavy (non-hydrogen) atoms. The molecule has 0 aromatic heterocycles. The molecule has 0 aliphatic carbocycles. The molecule has 3 aliphatic rings. The van der Waals surface area contributed by atoms with E-state index in [1.54, 1.807) is 6.07 Å². The van der Waals surface area contributed by atoms with Gasteiger partial charge >= 0.3 is 11.9 Å². The third-order valence-electron chi connectivity index (χ3n) is 7.62. The quantitative estimate of drug-likeness (QED) is 0.631. The molecule has 0 amide bonds. The number of β-amino-alcohol motifs (C(OH)–C–C–N with tert-alkyl or cyclic N) is 1. The van der Waals surface area contributed by atoms with E-state index in [1.165, 1.54) is 11.1 Å². The number of aliphatic hydroxyl groups is 1. The lowest BCUT2D eigenvalue weighted by Gasteiger charge is -2.36. The second kappa shape index (κ2) is 9.49. The fourth-order valence-corrected chi connectivity index (χ4v) is 5.50. The van der Waals surface area contributed by atoms with Crippen molar-refractivity contribution < 1.29 is 24.2 Å². The third kappa shape index (κ3) is 4.24. The Morgan fingerprint density at radius 2 is 1.53 bits per heavy atom. The zero-order valence-corrected chi connectivity index (χ0v) is 19.9. The fourth-order valence-electron chi connectivity index (χ4n) is 5.50. The highest BCUT2D eigenvalue weighted by atomic mass is 16.5. The summed E-state index contributed by atoms with van der Waals surface area (Å²) >= 11 is 0. The van der Waals surface area contributed by atoms with Gasteiger partial charge in [-0.05, 0) is 54.2 Å². The Morgan fingerprint density at radius 3 is 2.24 bits per heavy atom. The maximum atomic E-state index is 11.9. The van der Waals surface area contributed by atoms with Crippen molar-refractivity contribution in [1.82, 2.24) is 9.80 Å². The minimum Gasteiger partial charge on any atom is -0.457 e. The maximum absolute atomic E-state index is 11.9. The molecular formula is C27H32N2O5. The van der Waals surface area contributed by atoms with Crippen molar-refractivity contribution >= 4 is 11.9 Å². The van der Waals surface area contributed by atoms with Crippen LogP contribution in [0.25, 0.3) is 0 Å². The van der Waals surface area contributed by atoms with Crippen molar-refractivity contribution in [3.63, 3.8) is 0 Å². The average Bonchev–Trinajstić information content (AvgIpc) is 3.42. The van der Waals surface area contributed by atoms with Crippen LogP contribution < -0.4 is 0 Å². The highest BCUT2D eigenvalue weighted by Crippen LogP contribution is 2.31. The number of esters is 2. The molecule has 0 saturated carbocycles. The summed E-state index contributed by atoms with van der Waals surface area (Å²) in [5, 5.41) is 11.0. The van der Waals surface area contributed by atoms with Crippen molar-refractivity contribution in [3.8, 4) is 0 Å². The molecule has 1 saturated heterocycles. The highest BCUT2D eigenvalue weighted by Gasteiger charge is 2.28. The van der Waals surface area contributed by atoms with Crippen molar-refractivity contribution in [1.29, 1.82) is 0 Å². The van der Waals surface area contributed by atoms with Crippen LogP contribution in [0.1, 0.15) is 67.1 Å². The predicted molar refractivity (Wildman–Crippen MR) is 127 cm³/mol. The lowest BCUT2D eigenvalue weighted by atomic mass is 9.92. The van der Waals surface area contributed by atoms with Crippen LogP contribution in [0.3, 0.4) is 0 Å². The van der Waals surface area contributed by atoms with Crippen LogP contribution in [0, 0.1) is 6.92 Å². The topological polar surface area (TPSA) is 79.3 Å². The molecule has 3 aliphatic heterocycles. The van der Waals surface area contributed by atoms with Gasteiger partial charge in [-0.3, -0.25) is 4.90 Å². The van der Waals surface area contributed by atoms with Gasteiger partial charge < -0.3 is 19.5 Å². The van der Waals surface area contributed by atoms with Gasteiger partial charge in [-0.25, -0.2) is 9.59 Å². The molecule has 1 atom stereocenters. The van der Waals surface area contributed by atoms with E-state index in [-0.39, 0.29) is 11.9 Å². The van der Waals surface area contributed by atoms with Gasteiger partial charge in [0.1, 0.15) is 13.2 Å². The number of nitrogens with zero attached hydrogens (tertiary/aromatic N) is 2. The molecule has 2 aromatic carbocycles. The first kappa shape index (κ1) is 23.0. The molecule has 1 fully saturated rings. The Labute approximate surface area is 200 Å². The van der Waals surface area contributed by atoms with Crippen molar-refractivity contribution in [2.45, 2.75) is 46.0 Å². The van der Waals surface area contributed by atoms with Crippen LogP contribution in [0.5, 0.6) is 0 Å². The number of hydrogen-bond donors (Lipinski definition) is 1. The SMILES string of the molecule is CCc1c(C(O)CN2CCN(CCc3ccc4c(c3C)COC4=O)CC2)ccc2c1COC2=O. The Hall–Kier alpha value is -2.74. The monoisotopic (exact) mass is 464 g/mol. The summed E-state index contributed by atoms with van der Waals surface area (Å²) in [6.07, 6.45) is 1.13. The molecule has 7 heteroatoms. The molecule has 0 radical (unpaired) electrons. The van der Waals surface area contributed by atoms with Gasteiger partial charge in [0.15, 0.2) is 0 Å². The van der Waals surface area contributed by atoms with Gasteiger partial charge in [0.05, 0.1) is 17.2 Å². The number of fused-ring (bicyclic) bond motifs is 2. The molecule has 180 valence electrons. The minimum absolute atomic E-state index is 0.212. The number of ether oxygens (including phenoxy) is 2. The molecule has 0 spiro atoms. The second-order valence-corrected chi connectivity index (χ2v) is 9.45. The Balaban J connectivity index is 1.15. The van der Waals surface area contributed by atoms with E-state index in [9.17, 15) is 14.7 Å². The number of carbonyl (C=O) groups excluding carboxylic acids is 2. The first-order valence-electron chi connectivity index (χ1n) is 12.2. The summed E-state index contributed by atoms with van der Waals surface area (Å²) in [5.41, 5.74) is 7.74. The normalized spacial score (nSPS) is 19.0. The van der Waals surface area contributed by atoms with E-state index in [1.807, 2.05) is 12.1 Å². The number of benzene rings is 2. The summed E-state index contributed by atoms with van der Waals surface area (Å²) < 4.78 is 10.4. The first-order chi connectivity index (χ1) is 16.5. The van der Waals surface area contributed by atoms with E-state index in [0.717, 1.165) is 67.8 Å². The number of piperazine rings is 1. The number of rotatable bonds is 7. The van der Waals surface area contributed by atoms with Gasteiger partial charge in [0.2, 0.25) is 0 Å². The van der Waals surface area contributed by atoms with Gasteiger partial charge in [-0.2, -0.15) is 0 Å². The Bertz CT molecular complexity index is 1120. The second-order valence-electron chi connectivity index (χ2n) is 9.45. The van der Waals surface area contributed by atoms with Crippen LogP contribution >= 0.6 is 0 Å².